The summed E-state index contributed by atoms with van der Waals surface area (Å²) in [5.41, 5.74) is 1.60. The Morgan fingerprint density at radius 2 is 1.83 bits per heavy atom. The summed E-state index contributed by atoms with van der Waals surface area (Å²) in [4.78, 5) is 17.5. The van der Waals surface area contributed by atoms with Crippen LogP contribution >= 0.6 is 0 Å². The van der Waals surface area contributed by atoms with Crippen LogP contribution in [-0.2, 0) is 10.0 Å². The topological polar surface area (TPSA) is 69.7 Å². The lowest BCUT2D eigenvalue weighted by molar-refractivity contribution is 0.0571. The van der Waals surface area contributed by atoms with E-state index in [-0.39, 0.29) is 22.8 Å². The van der Waals surface area contributed by atoms with Gasteiger partial charge in [0.25, 0.3) is 5.91 Å². The molecule has 1 amide bonds. The molecule has 2 aliphatic heterocycles. The molecule has 0 radical (unpaired) electrons. The normalized spacial score (nSPS) is 26.4. The van der Waals surface area contributed by atoms with Crippen LogP contribution in [0.3, 0.4) is 0 Å². The monoisotopic (exact) mass is 425 g/mol. The smallest absolute Gasteiger partial charge is 0.253 e. The number of fused-ring (bicyclic) bond motifs is 1. The molecule has 3 fully saturated rings. The maximum Gasteiger partial charge on any atom is 0.253 e. The number of carbonyl (C=O) groups is 1. The van der Waals surface area contributed by atoms with Crippen LogP contribution in [0.15, 0.2) is 59.5 Å². The Morgan fingerprint density at radius 1 is 1.00 bits per heavy atom. The number of amides is 1. The molecule has 5 rings (SSSR count). The van der Waals surface area contributed by atoms with E-state index in [0.717, 1.165) is 38.0 Å². The first-order valence-electron chi connectivity index (χ1n) is 10.7. The van der Waals surface area contributed by atoms with Gasteiger partial charge in [-0.1, -0.05) is 36.4 Å². The van der Waals surface area contributed by atoms with E-state index in [1.165, 1.54) is 12.5 Å². The Labute approximate surface area is 177 Å². The van der Waals surface area contributed by atoms with Crippen molar-refractivity contribution in [1.82, 2.24) is 14.5 Å². The van der Waals surface area contributed by atoms with Crippen LogP contribution < -0.4 is 4.72 Å². The second kappa shape index (κ2) is 7.80. The van der Waals surface area contributed by atoms with Crippen LogP contribution in [-0.4, -0.2) is 62.4 Å². The fourth-order valence-corrected chi connectivity index (χ4v) is 6.15. The number of hydrogen-bond acceptors (Lipinski definition) is 4. The molecule has 7 heteroatoms. The molecule has 2 aromatic carbocycles. The van der Waals surface area contributed by atoms with Crippen LogP contribution in [0.5, 0.6) is 0 Å². The highest BCUT2D eigenvalue weighted by molar-refractivity contribution is 7.89. The predicted octanol–water partition coefficient (Wildman–Crippen LogP) is 2.44. The van der Waals surface area contributed by atoms with Crippen LogP contribution in [0.4, 0.5) is 0 Å². The van der Waals surface area contributed by atoms with E-state index in [1.807, 2.05) is 35.2 Å². The van der Waals surface area contributed by atoms with E-state index in [1.54, 1.807) is 18.2 Å². The molecule has 0 unspecified atom stereocenters. The number of benzene rings is 2. The zero-order valence-electron chi connectivity index (χ0n) is 16.9. The molecule has 3 aliphatic rings. The van der Waals surface area contributed by atoms with Gasteiger partial charge in [0.15, 0.2) is 0 Å². The number of piperazine rings is 1. The molecule has 3 atom stereocenters. The van der Waals surface area contributed by atoms with Crippen LogP contribution in [0.25, 0.3) is 0 Å². The molecule has 2 heterocycles. The van der Waals surface area contributed by atoms with Crippen molar-refractivity contribution in [3.05, 3.63) is 65.7 Å². The molecular weight excluding hydrogens is 398 g/mol. The van der Waals surface area contributed by atoms with E-state index in [0.29, 0.717) is 18.2 Å². The summed E-state index contributed by atoms with van der Waals surface area (Å²) < 4.78 is 28.6. The molecule has 6 nitrogen and oxygen atoms in total. The number of nitrogens with zero attached hydrogens (tertiary/aromatic N) is 2. The van der Waals surface area contributed by atoms with Gasteiger partial charge < -0.3 is 4.90 Å². The molecule has 0 aromatic heterocycles. The van der Waals surface area contributed by atoms with Crippen molar-refractivity contribution in [2.24, 2.45) is 0 Å². The second-order valence-electron chi connectivity index (χ2n) is 8.59. The van der Waals surface area contributed by atoms with E-state index in [2.05, 4.69) is 9.62 Å². The van der Waals surface area contributed by atoms with E-state index < -0.39 is 10.0 Å². The lowest BCUT2D eigenvalue weighted by Crippen LogP contribution is -2.52. The molecule has 2 aromatic rings. The maximum atomic E-state index is 13.0. The highest BCUT2D eigenvalue weighted by atomic mass is 32.2. The largest absolute Gasteiger partial charge is 0.336 e. The Morgan fingerprint density at radius 3 is 2.67 bits per heavy atom. The van der Waals surface area contributed by atoms with Gasteiger partial charge in [-0.3, -0.25) is 9.69 Å². The van der Waals surface area contributed by atoms with Gasteiger partial charge in [-0.05, 0) is 49.6 Å². The number of hydrogen-bond donors (Lipinski definition) is 1. The third-order valence-electron chi connectivity index (χ3n) is 6.59. The van der Waals surface area contributed by atoms with Crippen molar-refractivity contribution in [3.63, 3.8) is 0 Å². The summed E-state index contributed by atoms with van der Waals surface area (Å²) >= 11 is 0. The zero-order valence-corrected chi connectivity index (χ0v) is 17.7. The van der Waals surface area contributed by atoms with Crippen LogP contribution in [0.1, 0.15) is 41.1 Å². The van der Waals surface area contributed by atoms with Crippen molar-refractivity contribution in [2.75, 3.05) is 26.2 Å². The third kappa shape index (κ3) is 3.89. The third-order valence-corrected chi connectivity index (χ3v) is 8.08. The van der Waals surface area contributed by atoms with Gasteiger partial charge in [-0.25, -0.2) is 13.1 Å². The van der Waals surface area contributed by atoms with Gasteiger partial charge in [0.1, 0.15) is 0 Å². The standard InChI is InChI=1S/C23H27N3O3S/c27-23(26-13-12-25-11-5-9-19(25)16-26)18-8-4-10-20(14-18)30(28,29)24-22-15-21(22)17-6-2-1-3-7-17/h1-4,6-8,10,14,19,21-22,24H,5,9,11-13,15-16H2/t19-,21-,22+/m0/s1. The van der Waals surface area contributed by atoms with Crippen molar-refractivity contribution in [1.29, 1.82) is 0 Å². The highest BCUT2D eigenvalue weighted by Crippen LogP contribution is 2.41. The maximum absolute atomic E-state index is 13.0. The van der Waals surface area contributed by atoms with Gasteiger partial charge in [0.05, 0.1) is 4.90 Å². The summed E-state index contributed by atoms with van der Waals surface area (Å²) in [5.74, 6) is 0.140. The van der Waals surface area contributed by atoms with Crippen molar-refractivity contribution in [2.45, 2.75) is 42.2 Å². The van der Waals surface area contributed by atoms with Gasteiger partial charge in [-0.2, -0.15) is 0 Å². The predicted molar refractivity (Wildman–Crippen MR) is 115 cm³/mol. The van der Waals surface area contributed by atoms with Crippen molar-refractivity contribution >= 4 is 15.9 Å². The second-order valence-corrected chi connectivity index (χ2v) is 10.3. The molecule has 30 heavy (non-hydrogen) atoms. The lowest BCUT2D eigenvalue weighted by atomic mass is 10.1. The minimum atomic E-state index is -3.67. The van der Waals surface area contributed by atoms with Crippen LogP contribution in [0.2, 0.25) is 0 Å². The molecular formula is C23H27N3O3S. The Bertz CT molecular complexity index is 1040. The summed E-state index contributed by atoms with van der Waals surface area (Å²) in [6, 6.07) is 16.8. The lowest BCUT2D eigenvalue weighted by Gasteiger charge is -2.37. The molecule has 158 valence electrons. The molecule has 2 saturated heterocycles. The average molecular weight is 426 g/mol. The quantitative estimate of drug-likeness (QED) is 0.799. The minimum absolute atomic E-state index is 0.0767. The summed E-state index contributed by atoms with van der Waals surface area (Å²) in [5, 5.41) is 0. The number of sulfonamides is 1. The van der Waals surface area contributed by atoms with E-state index >= 15 is 0 Å². The van der Waals surface area contributed by atoms with Gasteiger partial charge in [0, 0.05) is 43.2 Å². The fraction of sp³-hybridized carbons (Fsp3) is 0.435. The number of carbonyl (C=O) groups excluding carboxylic acids is 1. The Kier molecular flexibility index (Phi) is 5.13. The first kappa shape index (κ1) is 19.7. The molecule has 0 bridgehead atoms. The van der Waals surface area contributed by atoms with E-state index in [4.69, 9.17) is 0 Å². The van der Waals surface area contributed by atoms with Gasteiger partial charge in [0.2, 0.25) is 10.0 Å². The van der Waals surface area contributed by atoms with Crippen LogP contribution in [0, 0.1) is 0 Å². The highest BCUT2D eigenvalue weighted by Gasteiger charge is 2.41. The minimum Gasteiger partial charge on any atom is -0.336 e. The van der Waals surface area contributed by atoms with Gasteiger partial charge >= 0.3 is 0 Å². The number of rotatable bonds is 5. The van der Waals surface area contributed by atoms with E-state index in [9.17, 15) is 13.2 Å². The zero-order chi connectivity index (χ0) is 20.7. The first-order chi connectivity index (χ1) is 14.5. The molecule has 1 N–H and O–H groups in total. The van der Waals surface area contributed by atoms with Crippen molar-refractivity contribution < 1.29 is 13.2 Å². The summed E-state index contributed by atoms with van der Waals surface area (Å²) in [6.07, 6.45) is 3.12. The SMILES string of the molecule is O=C(c1cccc(S(=O)(=O)N[C@@H]2C[C@H]2c2ccccc2)c1)N1CCN2CCC[C@H]2C1. The average Bonchev–Trinajstić information content (AvgIpc) is 3.36. The van der Waals surface area contributed by atoms with Gasteiger partial charge in [-0.15, -0.1) is 0 Å². The molecule has 0 spiro atoms. The fourth-order valence-electron chi connectivity index (χ4n) is 4.82. The Hall–Kier alpha value is -2.22. The van der Waals surface area contributed by atoms with Crippen molar-refractivity contribution in [3.8, 4) is 0 Å². The molecule has 1 aliphatic carbocycles. The first-order valence-corrected chi connectivity index (χ1v) is 12.2. The Balaban J connectivity index is 1.28. The summed E-state index contributed by atoms with van der Waals surface area (Å²) in [7, 11) is -3.67. The molecule has 1 saturated carbocycles. The number of nitrogens with one attached hydrogen (secondary N) is 1. The summed E-state index contributed by atoms with van der Waals surface area (Å²) in [6.45, 7) is 3.45.